The lowest BCUT2D eigenvalue weighted by Crippen LogP contribution is -2.48. The number of carbonyl (C=O) groups is 1. The van der Waals surface area contributed by atoms with E-state index in [1.165, 1.54) is 0 Å². The number of nitrogens with zero attached hydrogens (tertiary/aromatic N) is 2. The Balaban J connectivity index is 2.25. The summed E-state index contributed by atoms with van der Waals surface area (Å²) in [6.45, 7) is 2.02. The molecule has 0 spiro atoms. The van der Waals surface area contributed by atoms with Crippen LogP contribution in [0.25, 0.3) is 0 Å². The predicted octanol–water partition coefficient (Wildman–Crippen LogP) is 1.63. The van der Waals surface area contributed by atoms with E-state index in [2.05, 4.69) is 0 Å². The van der Waals surface area contributed by atoms with Crippen LogP contribution in [0.4, 0.5) is 5.69 Å². The van der Waals surface area contributed by atoms with E-state index in [1.807, 2.05) is 18.0 Å². The molecule has 0 atom stereocenters. The summed E-state index contributed by atoms with van der Waals surface area (Å²) in [5.74, 6) is 0.694. The molecule has 5 heteroatoms. The van der Waals surface area contributed by atoms with E-state index in [0.29, 0.717) is 23.9 Å². The summed E-state index contributed by atoms with van der Waals surface area (Å²) in [7, 11) is 3.51. The van der Waals surface area contributed by atoms with Crippen LogP contribution < -0.4 is 9.64 Å². The number of likely N-dealkylation sites (N-methyl/N-ethyl adjacent to an activating group) is 1. The first-order valence-electron chi connectivity index (χ1n) is 5.44. The molecule has 1 aliphatic rings. The maximum absolute atomic E-state index is 11.9. The van der Waals surface area contributed by atoms with E-state index in [0.717, 1.165) is 12.2 Å². The molecule has 0 N–H and O–H groups in total. The van der Waals surface area contributed by atoms with Crippen LogP contribution in [0, 0.1) is 0 Å². The van der Waals surface area contributed by atoms with Crippen molar-refractivity contribution in [3.63, 3.8) is 0 Å². The summed E-state index contributed by atoms with van der Waals surface area (Å²) in [6.07, 6.45) is 0. The van der Waals surface area contributed by atoms with Crippen LogP contribution in [0.5, 0.6) is 5.75 Å². The van der Waals surface area contributed by atoms with Gasteiger partial charge in [-0.05, 0) is 19.2 Å². The monoisotopic (exact) mass is 254 g/mol. The molecule has 0 aliphatic carbocycles. The van der Waals surface area contributed by atoms with E-state index in [9.17, 15) is 4.79 Å². The van der Waals surface area contributed by atoms with Crippen LogP contribution in [-0.2, 0) is 4.79 Å². The topological polar surface area (TPSA) is 32.8 Å². The Bertz CT molecular complexity index is 437. The van der Waals surface area contributed by atoms with Crippen molar-refractivity contribution < 1.29 is 9.53 Å². The van der Waals surface area contributed by atoms with E-state index >= 15 is 0 Å². The molecule has 1 aromatic carbocycles. The summed E-state index contributed by atoms with van der Waals surface area (Å²) in [5.41, 5.74) is 0.837. The van der Waals surface area contributed by atoms with Crippen LogP contribution >= 0.6 is 11.6 Å². The molecule has 0 aromatic heterocycles. The highest BCUT2D eigenvalue weighted by Gasteiger charge is 2.23. The second-order valence-corrected chi connectivity index (χ2v) is 4.51. The minimum Gasteiger partial charge on any atom is -0.495 e. The fraction of sp³-hybridized carbons (Fsp3) is 0.417. The third-order valence-electron chi connectivity index (χ3n) is 2.86. The Morgan fingerprint density at radius 3 is 2.76 bits per heavy atom. The second-order valence-electron chi connectivity index (χ2n) is 4.10. The number of benzene rings is 1. The van der Waals surface area contributed by atoms with Crippen molar-refractivity contribution in [2.24, 2.45) is 0 Å². The predicted molar refractivity (Wildman–Crippen MR) is 67.9 cm³/mol. The molecule has 17 heavy (non-hydrogen) atoms. The Kier molecular flexibility index (Phi) is 3.54. The number of hydrogen-bond donors (Lipinski definition) is 0. The molecule has 2 rings (SSSR count). The fourth-order valence-electron chi connectivity index (χ4n) is 1.88. The Morgan fingerprint density at radius 1 is 1.35 bits per heavy atom. The van der Waals surface area contributed by atoms with Crippen LogP contribution in [0.2, 0.25) is 5.02 Å². The first-order valence-corrected chi connectivity index (χ1v) is 5.82. The third-order valence-corrected chi connectivity index (χ3v) is 3.17. The van der Waals surface area contributed by atoms with Gasteiger partial charge in [0.15, 0.2) is 0 Å². The maximum atomic E-state index is 11.9. The first-order chi connectivity index (χ1) is 8.11. The van der Waals surface area contributed by atoms with Crippen LogP contribution in [0.15, 0.2) is 18.2 Å². The van der Waals surface area contributed by atoms with Crippen LogP contribution in [-0.4, -0.2) is 44.6 Å². The van der Waals surface area contributed by atoms with Gasteiger partial charge in [-0.2, -0.15) is 0 Å². The van der Waals surface area contributed by atoms with Crippen molar-refractivity contribution >= 4 is 23.2 Å². The quantitative estimate of drug-likeness (QED) is 0.804. The highest BCUT2D eigenvalue weighted by atomic mass is 35.5. The van der Waals surface area contributed by atoms with Crippen molar-refractivity contribution in [3.8, 4) is 5.75 Å². The zero-order valence-electron chi connectivity index (χ0n) is 9.94. The van der Waals surface area contributed by atoms with E-state index in [4.69, 9.17) is 16.3 Å². The lowest BCUT2D eigenvalue weighted by Gasteiger charge is -2.32. The summed E-state index contributed by atoms with van der Waals surface area (Å²) in [4.78, 5) is 15.7. The van der Waals surface area contributed by atoms with Crippen molar-refractivity contribution in [2.75, 3.05) is 38.7 Å². The third kappa shape index (κ3) is 2.53. The Hall–Kier alpha value is -1.26. The average molecular weight is 255 g/mol. The summed E-state index contributed by atoms with van der Waals surface area (Å²) < 4.78 is 5.15. The lowest BCUT2D eigenvalue weighted by molar-refractivity contribution is -0.120. The number of carbonyl (C=O) groups excluding carboxylic acids is 1. The molecule has 0 bridgehead atoms. The lowest BCUT2D eigenvalue weighted by atomic mass is 10.2. The molecule has 1 aliphatic heterocycles. The van der Waals surface area contributed by atoms with Gasteiger partial charge in [-0.25, -0.2) is 0 Å². The number of halogens is 1. The van der Waals surface area contributed by atoms with E-state index < -0.39 is 0 Å². The molecule has 0 radical (unpaired) electrons. The van der Waals surface area contributed by atoms with Gasteiger partial charge in [-0.15, -0.1) is 0 Å². The van der Waals surface area contributed by atoms with Gasteiger partial charge in [0.2, 0.25) is 5.91 Å². The molecule has 1 amide bonds. The second kappa shape index (κ2) is 4.94. The molecule has 4 nitrogen and oxygen atoms in total. The molecule has 0 unspecified atom stereocenters. The number of amides is 1. The normalized spacial score (nSPS) is 17.4. The highest BCUT2D eigenvalue weighted by molar-refractivity contribution is 6.32. The average Bonchev–Trinajstić information content (AvgIpc) is 2.30. The van der Waals surface area contributed by atoms with Crippen molar-refractivity contribution in [2.45, 2.75) is 0 Å². The highest BCUT2D eigenvalue weighted by Crippen LogP contribution is 2.29. The molecular weight excluding hydrogens is 240 g/mol. The standard InChI is InChI=1S/C12H15ClN2O2/c1-14-5-6-15(12(16)8-14)9-3-4-10(13)11(7-9)17-2/h3-4,7H,5-6,8H2,1-2H3. The minimum absolute atomic E-state index is 0.100. The molecule has 1 heterocycles. The van der Waals surface area contributed by atoms with Gasteiger partial charge >= 0.3 is 0 Å². The fourth-order valence-corrected chi connectivity index (χ4v) is 2.07. The minimum atomic E-state index is 0.100. The largest absolute Gasteiger partial charge is 0.495 e. The number of ether oxygens (including phenoxy) is 1. The molecular formula is C12H15ClN2O2. The number of methoxy groups -OCH3 is 1. The van der Waals surface area contributed by atoms with Crippen LogP contribution in [0.3, 0.4) is 0 Å². The summed E-state index contributed by atoms with van der Waals surface area (Å²) in [6, 6.07) is 5.39. The van der Waals surface area contributed by atoms with Crippen LogP contribution in [0.1, 0.15) is 0 Å². The SMILES string of the molecule is COc1cc(N2CCN(C)CC2=O)ccc1Cl. The Labute approximate surface area is 106 Å². The van der Waals surface area contributed by atoms with Gasteiger partial charge in [0, 0.05) is 24.8 Å². The molecule has 1 fully saturated rings. The Morgan fingerprint density at radius 2 is 2.12 bits per heavy atom. The molecule has 1 saturated heterocycles. The van der Waals surface area contributed by atoms with E-state index in [-0.39, 0.29) is 5.91 Å². The van der Waals surface area contributed by atoms with Crippen molar-refractivity contribution in [3.05, 3.63) is 23.2 Å². The zero-order valence-corrected chi connectivity index (χ0v) is 10.7. The molecule has 92 valence electrons. The van der Waals surface area contributed by atoms with Gasteiger partial charge in [0.05, 0.1) is 18.7 Å². The summed E-state index contributed by atoms with van der Waals surface area (Å²) in [5, 5.41) is 0.554. The molecule has 1 aromatic rings. The smallest absolute Gasteiger partial charge is 0.241 e. The first kappa shape index (κ1) is 12.2. The van der Waals surface area contributed by atoms with E-state index in [1.54, 1.807) is 24.1 Å². The number of anilines is 1. The number of piperazine rings is 1. The van der Waals surface area contributed by atoms with Gasteiger partial charge in [-0.3, -0.25) is 9.69 Å². The zero-order chi connectivity index (χ0) is 12.4. The number of hydrogen-bond acceptors (Lipinski definition) is 3. The van der Waals surface area contributed by atoms with Crippen molar-refractivity contribution in [1.82, 2.24) is 4.90 Å². The molecule has 0 saturated carbocycles. The summed E-state index contributed by atoms with van der Waals surface area (Å²) >= 11 is 5.96. The van der Waals surface area contributed by atoms with Gasteiger partial charge in [-0.1, -0.05) is 11.6 Å². The van der Waals surface area contributed by atoms with Gasteiger partial charge in [0.1, 0.15) is 5.75 Å². The maximum Gasteiger partial charge on any atom is 0.241 e. The van der Waals surface area contributed by atoms with Gasteiger partial charge in [0.25, 0.3) is 0 Å². The van der Waals surface area contributed by atoms with Crippen molar-refractivity contribution in [1.29, 1.82) is 0 Å². The number of rotatable bonds is 2. The van der Waals surface area contributed by atoms with Gasteiger partial charge < -0.3 is 9.64 Å².